The minimum atomic E-state index is -0.376. The van der Waals surface area contributed by atoms with E-state index in [1.165, 1.54) is 16.4 Å². The van der Waals surface area contributed by atoms with Gasteiger partial charge < -0.3 is 4.90 Å². The number of para-hydroxylation sites is 1. The van der Waals surface area contributed by atoms with Gasteiger partial charge in [-0.3, -0.25) is 10.1 Å². The van der Waals surface area contributed by atoms with Gasteiger partial charge in [0.2, 0.25) is 5.82 Å². The molecule has 1 aliphatic heterocycles. The Morgan fingerprint density at radius 2 is 1.86 bits per heavy atom. The second kappa shape index (κ2) is 7.55. The first-order valence-electron chi connectivity index (χ1n) is 9.02. The van der Waals surface area contributed by atoms with Crippen LogP contribution in [0, 0.1) is 17.0 Å². The topological polar surface area (TPSA) is 103 Å². The van der Waals surface area contributed by atoms with Crippen molar-refractivity contribution in [2.75, 3.05) is 18.0 Å². The molecule has 0 unspecified atom stereocenters. The molecule has 1 aliphatic rings. The number of piperidine rings is 1. The van der Waals surface area contributed by atoms with Crippen LogP contribution in [0.1, 0.15) is 24.4 Å². The third-order valence-electron chi connectivity index (χ3n) is 4.65. The fourth-order valence-corrected chi connectivity index (χ4v) is 3.20. The van der Waals surface area contributed by atoms with E-state index in [2.05, 4.69) is 20.4 Å². The van der Waals surface area contributed by atoms with E-state index in [1.807, 2.05) is 48.2 Å². The minimum absolute atomic E-state index is 0.0468. The van der Waals surface area contributed by atoms with Crippen molar-refractivity contribution in [1.82, 2.24) is 25.2 Å². The van der Waals surface area contributed by atoms with Gasteiger partial charge in [-0.05, 0) is 49.3 Å². The summed E-state index contributed by atoms with van der Waals surface area (Å²) in [5.41, 5.74) is 2.86. The first-order valence-corrected chi connectivity index (χ1v) is 9.02. The predicted molar refractivity (Wildman–Crippen MR) is 104 cm³/mol. The third kappa shape index (κ3) is 3.73. The summed E-state index contributed by atoms with van der Waals surface area (Å²) in [4.78, 5) is 18.8. The van der Waals surface area contributed by atoms with Crippen molar-refractivity contribution in [2.45, 2.75) is 19.8 Å². The molecule has 0 N–H and O–H groups in total. The Hall–Kier alpha value is -3.62. The van der Waals surface area contributed by atoms with Crippen LogP contribution >= 0.6 is 0 Å². The normalized spacial score (nSPS) is 14.2. The molecule has 0 amide bonds. The van der Waals surface area contributed by atoms with E-state index in [-0.39, 0.29) is 10.6 Å². The van der Waals surface area contributed by atoms with Gasteiger partial charge in [-0.1, -0.05) is 23.8 Å². The molecule has 9 nitrogen and oxygen atoms in total. The zero-order valence-electron chi connectivity index (χ0n) is 15.4. The molecule has 2 aromatic heterocycles. The van der Waals surface area contributed by atoms with Crippen LogP contribution in [0.25, 0.3) is 11.8 Å². The van der Waals surface area contributed by atoms with Gasteiger partial charge in [0, 0.05) is 24.8 Å². The Bertz CT molecular complexity index is 1020. The molecule has 4 rings (SSSR count). The average molecular weight is 377 g/mol. The van der Waals surface area contributed by atoms with Gasteiger partial charge in [0.25, 0.3) is 0 Å². The molecule has 1 fully saturated rings. The molecular weight excluding hydrogens is 358 g/mol. The van der Waals surface area contributed by atoms with Crippen LogP contribution in [-0.4, -0.2) is 43.2 Å². The fraction of sp³-hybridized carbons (Fsp3) is 0.263. The van der Waals surface area contributed by atoms with Crippen molar-refractivity contribution < 1.29 is 4.92 Å². The van der Waals surface area contributed by atoms with Crippen molar-refractivity contribution in [3.8, 4) is 5.69 Å². The van der Waals surface area contributed by atoms with Crippen LogP contribution in [0.15, 0.2) is 48.0 Å². The highest BCUT2D eigenvalue weighted by atomic mass is 16.6. The van der Waals surface area contributed by atoms with Gasteiger partial charge in [-0.2, -0.15) is 0 Å². The van der Waals surface area contributed by atoms with Crippen molar-refractivity contribution in [3.05, 3.63) is 69.7 Å². The Balaban J connectivity index is 1.47. The second-order valence-corrected chi connectivity index (χ2v) is 6.61. The van der Waals surface area contributed by atoms with E-state index in [1.54, 1.807) is 6.07 Å². The Morgan fingerprint density at radius 3 is 2.57 bits per heavy atom. The number of rotatable bonds is 4. The van der Waals surface area contributed by atoms with Crippen molar-refractivity contribution >= 4 is 17.6 Å². The van der Waals surface area contributed by atoms with Crippen LogP contribution in [0.2, 0.25) is 0 Å². The molecule has 3 aromatic rings. The second-order valence-electron chi connectivity index (χ2n) is 6.61. The number of nitro groups is 1. The maximum atomic E-state index is 11.3. The van der Waals surface area contributed by atoms with Gasteiger partial charge in [-0.25, -0.2) is 4.98 Å². The lowest BCUT2D eigenvalue weighted by molar-refractivity contribution is -0.384. The molecule has 0 saturated carbocycles. The molecular formula is C19H19N7O2. The van der Waals surface area contributed by atoms with Gasteiger partial charge in [-0.15, -0.1) is 15.0 Å². The number of aromatic nitrogens is 5. The first kappa shape index (κ1) is 17.8. The molecule has 0 aliphatic carbocycles. The van der Waals surface area contributed by atoms with Gasteiger partial charge in [0.05, 0.1) is 10.6 Å². The summed E-state index contributed by atoms with van der Waals surface area (Å²) in [7, 11) is 0. The molecule has 0 radical (unpaired) electrons. The smallest absolute Gasteiger partial charge is 0.311 e. The molecule has 0 atom stereocenters. The van der Waals surface area contributed by atoms with Crippen molar-refractivity contribution in [3.63, 3.8) is 0 Å². The number of nitrogens with zero attached hydrogens (tertiary/aromatic N) is 7. The Kier molecular flexibility index (Phi) is 4.79. The molecule has 0 bridgehead atoms. The molecule has 3 heterocycles. The van der Waals surface area contributed by atoms with Crippen LogP contribution in [-0.2, 0) is 0 Å². The lowest BCUT2D eigenvalue weighted by atomic mass is 10.0. The lowest BCUT2D eigenvalue weighted by Gasteiger charge is -2.29. The number of aryl methyl sites for hydroxylation is 1. The molecule has 28 heavy (non-hydrogen) atoms. The maximum absolute atomic E-state index is 11.3. The highest BCUT2D eigenvalue weighted by Gasteiger charge is 2.24. The predicted octanol–water partition coefficient (Wildman–Crippen LogP) is 2.96. The van der Waals surface area contributed by atoms with Gasteiger partial charge in [0.15, 0.2) is 5.82 Å². The van der Waals surface area contributed by atoms with Crippen molar-refractivity contribution in [2.24, 2.45) is 0 Å². The summed E-state index contributed by atoms with van der Waals surface area (Å²) in [6.45, 7) is 3.16. The van der Waals surface area contributed by atoms with Gasteiger partial charge >= 0.3 is 5.69 Å². The quantitative estimate of drug-likeness (QED) is 0.508. The third-order valence-corrected chi connectivity index (χ3v) is 4.65. The number of hydrogen-bond donors (Lipinski definition) is 0. The van der Waals surface area contributed by atoms with Crippen LogP contribution in [0.5, 0.6) is 0 Å². The summed E-state index contributed by atoms with van der Waals surface area (Å²) < 4.78 is 0. The molecule has 1 aromatic carbocycles. The van der Waals surface area contributed by atoms with Crippen LogP contribution in [0.3, 0.4) is 0 Å². The number of tetrazole rings is 1. The first-order chi connectivity index (χ1) is 13.6. The van der Waals surface area contributed by atoms with Crippen LogP contribution in [0.4, 0.5) is 11.5 Å². The highest BCUT2D eigenvalue weighted by Crippen LogP contribution is 2.30. The largest absolute Gasteiger partial charge is 0.350 e. The summed E-state index contributed by atoms with van der Waals surface area (Å²) in [6, 6.07) is 12.8. The van der Waals surface area contributed by atoms with E-state index >= 15 is 0 Å². The molecule has 9 heteroatoms. The molecule has 1 saturated heterocycles. The number of hydrogen-bond acceptors (Lipinski definition) is 7. The summed E-state index contributed by atoms with van der Waals surface area (Å²) in [5.74, 6) is 1.00. The zero-order chi connectivity index (χ0) is 19.5. The minimum Gasteiger partial charge on any atom is -0.350 e. The SMILES string of the molecule is Cc1ccc([N+](=O)[O-])c(N2CCC(=Cc3nnn(-c4ccccc4)n3)CC2)n1. The van der Waals surface area contributed by atoms with E-state index in [0.717, 1.165) is 24.2 Å². The van der Waals surface area contributed by atoms with E-state index in [4.69, 9.17) is 0 Å². The van der Waals surface area contributed by atoms with E-state index < -0.39 is 0 Å². The summed E-state index contributed by atoms with van der Waals surface area (Å²) >= 11 is 0. The molecule has 142 valence electrons. The number of anilines is 1. The Labute approximate surface area is 161 Å². The van der Waals surface area contributed by atoms with Gasteiger partial charge in [0.1, 0.15) is 0 Å². The highest BCUT2D eigenvalue weighted by molar-refractivity contribution is 5.59. The number of benzene rings is 1. The Morgan fingerprint density at radius 1 is 1.11 bits per heavy atom. The lowest BCUT2D eigenvalue weighted by Crippen LogP contribution is -2.32. The standard InChI is InChI=1S/C19H19N7O2/c1-14-7-8-17(26(27)28)19(20-14)24-11-9-15(10-12-24)13-18-21-23-25(22-18)16-5-3-2-4-6-16/h2-8,13H,9-12H2,1H3. The molecule has 0 spiro atoms. The maximum Gasteiger partial charge on any atom is 0.311 e. The average Bonchev–Trinajstić information content (AvgIpc) is 3.17. The van der Waals surface area contributed by atoms with E-state index in [9.17, 15) is 10.1 Å². The summed E-state index contributed by atoms with van der Waals surface area (Å²) in [5, 5.41) is 23.9. The van der Waals surface area contributed by atoms with Crippen molar-refractivity contribution in [1.29, 1.82) is 0 Å². The van der Waals surface area contributed by atoms with E-state index in [0.29, 0.717) is 24.7 Å². The monoisotopic (exact) mass is 377 g/mol. The summed E-state index contributed by atoms with van der Waals surface area (Å²) in [6.07, 6.45) is 3.49. The fourth-order valence-electron chi connectivity index (χ4n) is 3.20. The zero-order valence-corrected chi connectivity index (χ0v) is 15.4. The van der Waals surface area contributed by atoms with Crippen LogP contribution < -0.4 is 4.90 Å². The number of pyridine rings is 1.